The Bertz CT molecular complexity index is 1100. The molecule has 15 nitrogen and oxygen atoms in total. The molecule has 0 saturated carbocycles. The van der Waals surface area contributed by atoms with Crippen LogP contribution in [0.15, 0.2) is 24.3 Å². The van der Waals surface area contributed by atoms with E-state index in [2.05, 4.69) is 21.3 Å². The molecule has 1 aromatic rings. The number of aliphatic carboxylic acids is 2. The number of carbonyl (C=O) groups excluding carboxylic acids is 4. The normalized spacial score (nSPS) is 12.3. The zero-order valence-corrected chi connectivity index (χ0v) is 25.6. The third-order valence-electron chi connectivity index (χ3n) is 6.48. The quantitative estimate of drug-likeness (QED) is 0.0843. The molecule has 246 valence electrons. The van der Waals surface area contributed by atoms with Crippen LogP contribution in [0.4, 0.5) is 0 Å². The molecule has 7 N–H and O–H groups in total. The van der Waals surface area contributed by atoms with E-state index < -0.39 is 47.9 Å². The van der Waals surface area contributed by atoms with E-state index in [0.717, 1.165) is 5.56 Å². The molecule has 0 bridgehead atoms. The zero-order valence-electron chi connectivity index (χ0n) is 25.6. The number of carboxylic acids is 2. The Balaban J connectivity index is 2.49. The molecule has 2 unspecified atom stereocenters. The lowest BCUT2D eigenvalue weighted by atomic mass is 10.1. The number of aromatic hydroxyl groups is 1. The van der Waals surface area contributed by atoms with Crippen LogP contribution in [-0.4, -0.2) is 113 Å². The van der Waals surface area contributed by atoms with Crippen LogP contribution < -0.4 is 21.3 Å². The minimum absolute atomic E-state index is 0.0170. The van der Waals surface area contributed by atoms with Gasteiger partial charge in [-0.25, -0.2) is 9.59 Å². The molecule has 2 atom stereocenters. The van der Waals surface area contributed by atoms with E-state index in [-0.39, 0.29) is 44.5 Å². The first kappa shape index (κ1) is 37.8. The first-order chi connectivity index (χ1) is 20.8. The molecule has 0 fully saturated rings. The van der Waals surface area contributed by atoms with Crippen molar-refractivity contribution < 1.29 is 44.1 Å². The van der Waals surface area contributed by atoms with Crippen molar-refractivity contribution in [3.05, 3.63) is 29.8 Å². The Morgan fingerprint density at radius 2 is 1.07 bits per heavy atom. The van der Waals surface area contributed by atoms with E-state index in [4.69, 9.17) is 0 Å². The lowest BCUT2D eigenvalue weighted by Gasteiger charge is -2.23. The number of rotatable bonds is 22. The molecular formula is C29H46N6O9. The number of hydrogen-bond acceptors (Lipinski definition) is 9. The highest BCUT2D eigenvalue weighted by molar-refractivity contribution is 5.88. The van der Waals surface area contributed by atoms with E-state index in [9.17, 15) is 44.1 Å². The fraction of sp³-hybridized carbons (Fsp3) is 0.586. The van der Waals surface area contributed by atoms with Gasteiger partial charge in [-0.1, -0.05) is 26.0 Å². The minimum Gasteiger partial charge on any atom is -0.508 e. The molecule has 0 aliphatic carbocycles. The molecule has 1 aromatic carbocycles. The van der Waals surface area contributed by atoms with Gasteiger partial charge in [-0.05, 0) is 50.6 Å². The number of benzene rings is 1. The molecule has 0 aliphatic rings. The predicted molar refractivity (Wildman–Crippen MR) is 160 cm³/mol. The average molecular weight is 623 g/mol. The van der Waals surface area contributed by atoms with E-state index in [0.29, 0.717) is 38.9 Å². The van der Waals surface area contributed by atoms with Crippen LogP contribution in [0.25, 0.3) is 0 Å². The summed E-state index contributed by atoms with van der Waals surface area (Å²) in [6.07, 6.45) is -1.30. The highest BCUT2D eigenvalue weighted by atomic mass is 16.4. The Hall–Kier alpha value is -4.24. The molecule has 15 heteroatoms. The summed E-state index contributed by atoms with van der Waals surface area (Å²) >= 11 is 0. The van der Waals surface area contributed by atoms with Crippen LogP contribution in [0.1, 0.15) is 57.9 Å². The second kappa shape index (κ2) is 20.6. The molecule has 0 aromatic heterocycles. The van der Waals surface area contributed by atoms with Crippen molar-refractivity contribution in [3.8, 4) is 5.75 Å². The molecule has 1 rings (SSSR count). The average Bonchev–Trinajstić information content (AvgIpc) is 2.96. The third kappa shape index (κ3) is 16.4. The van der Waals surface area contributed by atoms with Gasteiger partial charge in [0.1, 0.15) is 5.75 Å². The highest BCUT2D eigenvalue weighted by Gasteiger charge is 2.24. The number of likely N-dealkylation sites (N-methyl/N-ethyl adjacent to an activating group) is 1. The molecule has 0 radical (unpaired) electrons. The van der Waals surface area contributed by atoms with Gasteiger partial charge in [-0.2, -0.15) is 0 Å². The summed E-state index contributed by atoms with van der Waals surface area (Å²) in [6.45, 7) is 5.58. The van der Waals surface area contributed by atoms with Crippen molar-refractivity contribution in [2.75, 3.05) is 39.8 Å². The maximum absolute atomic E-state index is 12.5. The number of phenolic OH excluding ortho intramolecular Hbond substituents is 1. The topological polar surface area (TPSA) is 218 Å². The van der Waals surface area contributed by atoms with Crippen molar-refractivity contribution in [2.45, 2.75) is 71.1 Å². The smallest absolute Gasteiger partial charge is 0.347 e. The predicted octanol–water partition coefficient (Wildman–Crippen LogP) is -0.165. The van der Waals surface area contributed by atoms with E-state index >= 15 is 0 Å². The van der Waals surface area contributed by atoms with Gasteiger partial charge in [0.05, 0.1) is 0 Å². The van der Waals surface area contributed by atoms with E-state index in [1.807, 2.05) is 31.0 Å². The Morgan fingerprint density at radius 3 is 1.48 bits per heavy atom. The summed E-state index contributed by atoms with van der Waals surface area (Å²) in [5.41, 5.74) is 1.02. The second-order valence-electron chi connectivity index (χ2n) is 10.4. The zero-order chi connectivity index (χ0) is 33.1. The molecule has 44 heavy (non-hydrogen) atoms. The van der Waals surface area contributed by atoms with Gasteiger partial charge >= 0.3 is 11.9 Å². The number of amides is 4. The number of nitrogens with one attached hydrogen (secondary N) is 4. The summed E-state index contributed by atoms with van der Waals surface area (Å²) in [5, 5.41) is 37.3. The maximum Gasteiger partial charge on any atom is 0.347 e. The first-order valence-corrected chi connectivity index (χ1v) is 14.7. The molecular weight excluding hydrogens is 576 g/mol. The van der Waals surface area contributed by atoms with Gasteiger partial charge in [0.25, 0.3) is 0 Å². The van der Waals surface area contributed by atoms with Gasteiger partial charge in [0.2, 0.25) is 36.0 Å². The lowest BCUT2D eigenvalue weighted by molar-refractivity contribution is -0.145. The standard InChI is InChI=1S/C29H46N6O9/c1-4-6-22(37)30-26(28(41)42)32-24(39)13-18-35(15-5-2)19-14-25(40)33-27(29(43)44)31-23(38)12-17-34(3)16-11-20-7-9-21(36)10-8-20/h7-10,26-27,36H,4-6,11-19H2,1-3H3,(H,30,37)(H,31,38)(H,32,39)(H,33,40)(H,41,42)(H,43,44). The number of carbonyl (C=O) groups is 6. The summed E-state index contributed by atoms with van der Waals surface area (Å²) in [5.74, 6) is -4.89. The summed E-state index contributed by atoms with van der Waals surface area (Å²) in [4.78, 5) is 75.7. The molecule has 4 amide bonds. The maximum atomic E-state index is 12.5. The van der Waals surface area contributed by atoms with Crippen LogP contribution >= 0.6 is 0 Å². The van der Waals surface area contributed by atoms with Crippen LogP contribution in [0.2, 0.25) is 0 Å². The fourth-order valence-electron chi connectivity index (χ4n) is 4.04. The van der Waals surface area contributed by atoms with Crippen molar-refractivity contribution in [3.63, 3.8) is 0 Å². The van der Waals surface area contributed by atoms with Crippen LogP contribution in [0.3, 0.4) is 0 Å². The number of nitrogens with zero attached hydrogens (tertiary/aromatic N) is 2. The third-order valence-corrected chi connectivity index (χ3v) is 6.48. The van der Waals surface area contributed by atoms with Crippen molar-refractivity contribution in [1.82, 2.24) is 31.1 Å². The SMILES string of the molecule is CCCC(=O)NC(NC(=O)CCN(CCC)CCC(=O)NC(NC(=O)CCN(C)CCc1ccc(O)cc1)C(=O)O)C(=O)O. The molecule has 0 saturated heterocycles. The highest BCUT2D eigenvalue weighted by Crippen LogP contribution is 2.10. The fourth-order valence-corrected chi connectivity index (χ4v) is 4.04. The number of carboxylic acid groups (broad SMARTS) is 2. The molecule has 0 heterocycles. The van der Waals surface area contributed by atoms with Crippen LogP contribution in [0.5, 0.6) is 5.75 Å². The van der Waals surface area contributed by atoms with Crippen LogP contribution in [-0.2, 0) is 35.2 Å². The van der Waals surface area contributed by atoms with Gasteiger partial charge < -0.3 is 46.4 Å². The first-order valence-electron chi connectivity index (χ1n) is 14.7. The number of phenols is 1. The number of hydrogen-bond donors (Lipinski definition) is 7. The van der Waals surface area contributed by atoms with Crippen molar-refractivity contribution in [1.29, 1.82) is 0 Å². The van der Waals surface area contributed by atoms with Gasteiger partial charge in [0.15, 0.2) is 0 Å². The Kier molecular flexibility index (Phi) is 17.7. The summed E-state index contributed by atoms with van der Waals surface area (Å²) in [6, 6.07) is 6.81. The molecule has 0 spiro atoms. The van der Waals surface area contributed by atoms with Crippen LogP contribution in [0, 0.1) is 0 Å². The van der Waals surface area contributed by atoms with Gasteiger partial charge in [-0.3, -0.25) is 19.2 Å². The monoisotopic (exact) mass is 622 g/mol. The van der Waals surface area contributed by atoms with E-state index in [1.165, 1.54) is 0 Å². The second-order valence-corrected chi connectivity index (χ2v) is 10.4. The van der Waals surface area contributed by atoms with Gasteiger partial charge in [0, 0.05) is 51.9 Å². The van der Waals surface area contributed by atoms with E-state index in [1.54, 1.807) is 24.0 Å². The van der Waals surface area contributed by atoms with Crippen molar-refractivity contribution >= 4 is 35.6 Å². The molecule has 0 aliphatic heterocycles. The summed E-state index contributed by atoms with van der Waals surface area (Å²) < 4.78 is 0. The minimum atomic E-state index is -1.61. The van der Waals surface area contributed by atoms with Gasteiger partial charge in [-0.15, -0.1) is 0 Å². The Morgan fingerprint density at radius 1 is 0.636 bits per heavy atom. The lowest BCUT2D eigenvalue weighted by Crippen LogP contribution is -2.53. The summed E-state index contributed by atoms with van der Waals surface area (Å²) in [7, 11) is 1.83. The largest absolute Gasteiger partial charge is 0.508 e. The Labute approximate surface area is 257 Å². The van der Waals surface area contributed by atoms with Crippen molar-refractivity contribution in [2.24, 2.45) is 0 Å².